The average Bonchev–Trinajstić information content (AvgIpc) is 2.82. The van der Waals surface area contributed by atoms with Gasteiger partial charge in [-0.2, -0.15) is 0 Å². The zero-order chi connectivity index (χ0) is 25.8. The number of ether oxygens (including phenoxy) is 6. The molecule has 0 heterocycles. The molecule has 0 aliphatic rings. The number of hydrogen-bond acceptors (Lipinski definition) is 7. The second-order valence-corrected chi connectivity index (χ2v) is 9.30. The van der Waals surface area contributed by atoms with Crippen molar-refractivity contribution in [1.29, 1.82) is 0 Å². The van der Waals surface area contributed by atoms with Gasteiger partial charge < -0.3 is 33.5 Å². The van der Waals surface area contributed by atoms with Crippen LogP contribution in [-0.2, 0) is 33.2 Å². The highest BCUT2D eigenvalue weighted by atomic mass is 16.6. The Morgan fingerprint density at radius 3 is 1.40 bits per heavy atom. The SMILES string of the molecule is CCCCCCC(C)CC(C)CCCCOCCOCCOCCOCCOCCOCC(=O)O. The predicted molar refractivity (Wildman–Crippen MR) is 138 cm³/mol. The molecule has 0 aliphatic heterocycles. The summed E-state index contributed by atoms with van der Waals surface area (Å²) in [6, 6.07) is 0. The highest BCUT2D eigenvalue weighted by Gasteiger charge is 2.08. The van der Waals surface area contributed by atoms with Crippen LogP contribution in [-0.4, -0.2) is 90.4 Å². The Balaban J connectivity index is 3.18. The number of carboxylic acid groups (broad SMARTS) is 1. The molecule has 8 nitrogen and oxygen atoms in total. The van der Waals surface area contributed by atoms with Crippen molar-refractivity contribution in [3.05, 3.63) is 0 Å². The number of carbonyl (C=O) groups is 1. The number of hydrogen-bond donors (Lipinski definition) is 1. The van der Waals surface area contributed by atoms with Crippen LogP contribution in [0.5, 0.6) is 0 Å². The monoisotopic (exact) mass is 506 g/mol. The molecule has 0 aliphatic carbocycles. The Morgan fingerprint density at radius 1 is 0.571 bits per heavy atom. The summed E-state index contributed by atoms with van der Waals surface area (Å²) in [6.45, 7) is 12.4. The quantitative estimate of drug-likeness (QED) is 0.142. The first-order valence-electron chi connectivity index (χ1n) is 13.7. The van der Waals surface area contributed by atoms with Crippen LogP contribution in [0.15, 0.2) is 0 Å². The van der Waals surface area contributed by atoms with E-state index in [1.807, 2.05) is 0 Å². The third-order valence-corrected chi connectivity index (χ3v) is 5.68. The summed E-state index contributed by atoms with van der Waals surface area (Å²) in [5.41, 5.74) is 0. The van der Waals surface area contributed by atoms with Crippen LogP contribution in [0.25, 0.3) is 0 Å². The summed E-state index contributed by atoms with van der Waals surface area (Å²) < 4.78 is 32.1. The van der Waals surface area contributed by atoms with E-state index in [0.717, 1.165) is 24.9 Å². The second-order valence-electron chi connectivity index (χ2n) is 9.30. The van der Waals surface area contributed by atoms with E-state index in [-0.39, 0.29) is 13.2 Å². The summed E-state index contributed by atoms with van der Waals surface area (Å²) >= 11 is 0. The van der Waals surface area contributed by atoms with Crippen LogP contribution in [0, 0.1) is 11.8 Å². The largest absolute Gasteiger partial charge is 0.480 e. The number of aliphatic carboxylic acids is 1. The number of carboxylic acids is 1. The molecular formula is C27H54O8. The summed E-state index contributed by atoms with van der Waals surface area (Å²) in [7, 11) is 0. The molecule has 0 saturated heterocycles. The van der Waals surface area contributed by atoms with Gasteiger partial charge in [0.1, 0.15) is 6.61 Å². The van der Waals surface area contributed by atoms with Crippen molar-refractivity contribution in [3.63, 3.8) is 0 Å². The molecular weight excluding hydrogens is 452 g/mol. The van der Waals surface area contributed by atoms with E-state index in [4.69, 9.17) is 33.5 Å². The topological polar surface area (TPSA) is 92.7 Å². The van der Waals surface area contributed by atoms with Gasteiger partial charge in [-0.05, 0) is 24.7 Å². The average molecular weight is 507 g/mol. The van der Waals surface area contributed by atoms with Crippen molar-refractivity contribution in [1.82, 2.24) is 0 Å². The van der Waals surface area contributed by atoms with Gasteiger partial charge in [-0.15, -0.1) is 0 Å². The molecule has 0 saturated carbocycles. The smallest absolute Gasteiger partial charge is 0.329 e. The highest BCUT2D eigenvalue weighted by Crippen LogP contribution is 2.22. The fourth-order valence-electron chi connectivity index (χ4n) is 3.80. The van der Waals surface area contributed by atoms with Crippen molar-refractivity contribution < 1.29 is 38.3 Å². The third kappa shape index (κ3) is 29.4. The van der Waals surface area contributed by atoms with Crippen molar-refractivity contribution in [2.45, 2.75) is 78.6 Å². The molecule has 0 amide bonds. The fraction of sp³-hybridized carbons (Fsp3) is 0.963. The molecule has 2 unspecified atom stereocenters. The van der Waals surface area contributed by atoms with Gasteiger partial charge in [0.05, 0.1) is 66.1 Å². The molecule has 0 bridgehead atoms. The number of rotatable bonds is 29. The van der Waals surface area contributed by atoms with E-state index in [1.165, 1.54) is 51.4 Å². The molecule has 0 aromatic heterocycles. The van der Waals surface area contributed by atoms with E-state index in [9.17, 15) is 4.79 Å². The van der Waals surface area contributed by atoms with E-state index in [2.05, 4.69) is 20.8 Å². The Kier molecular flexibility index (Phi) is 27.2. The Bertz CT molecular complexity index is 435. The van der Waals surface area contributed by atoms with Crippen molar-refractivity contribution in [3.8, 4) is 0 Å². The van der Waals surface area contributed by atoms with E-state index < -0.39 is 5.97 Å². The lowest BCUT2D eigenvalue weighted by molar-refractivity contribution is -0.142. The first kappa shape index (κ1) is 34.2. The molecule has 1 N–H and O–H groups in total. The molecule has 0 aromatic rings. The molecule has 35 heavy (non-hydrogen) atoms. The lowest BCUT2D eigenvalue weighted by Crippen LogP contribution is -2.15. The predicted octanol–water partition coefficient (Wildman–Crippen LogP) is 4.97. The number of unbranched alkanes of at least 4 members (excludes halogenated alkanes) is 4. The molecule has 2 atom stereocenters. The van der Waals surface area contributed by atoms with Crippen molar-refractivity contribution >= 4 is 5.97 Å². The van der Waals surface area contributed by atoms with Gasteiger partial charge in [0.15, 0.2) is 0 Å². The molecule has 8 heteroatoms. The van der Waals surface area contributed by atoms with Crippen LogP contribution in [0.3, 0.4) is 0 Å². The second kappa shape index (κ2) is 27.8. The molecule has 0 rings (SSSR count). The minimum atomic E-state index is -0.980. The maximum atomic E-state index is 10.3. The Hall–Kier alpha value is -0.770. The van der Waals surface area contributed by atoms with Crippen LogP contribution in [0.1, 0.15) is 78.6 Å². The van der Waals surface area contributed by atoms with Crippen LogP contribution in [0.4, 0.5) is 0 Å². The summed E-state index contributed by atoms with van der Waals surface area (Å²) in [5, 5.41) is 8.41. The minimum Gasteiger partial charge on any atom is -0.480 e. The normalized spacial score (nSPS) is 13.2. The maximum Gasteiger partial charge on any atom is 0.329 e. The Morgan fingerprint density at radius 2 is 0.971 bits per heavy atom. The summed E-state index contributed by atoms with van der Waals surface area (Å²) in [4.78, 5) is 10.3. The van der Waals surface area contributed by atoms with Gasteiger partial charge in [0, 0.05) is 6.61 Å². The maximum absolute atomic E-state index is 10.3. The molecule has 0 fully saturated rings. The van der Waals surface area contributed by atoms with E-state index in [1.54, 1.807) is 0 Å². The van der Waals surface area contributed by atoms with Gasteiger partial charge >= 0.3 is 5.97 Å². The fourth-order valence-corrected chi connectivity index (χ4v) is 3.80. The standard InChI is InChI=1S/C27H54O8/c1-4-5-6-7-10-25(2)23-26(3)11-8-9-12-30-13-14-31-15-16-32-17-18-33-19-20-34-21-22-35-24-27(28)29/h25-26H,4-24H2,1-3H3,(H,28,29). The van der Waals surface area contributed by atoms with Gasteiger partial charge in [-0.1, -0.05) is 65.7 Å². The van der Waals surface area contributed by atoms with E-state index in [0.29, 0.717) is 59.5 Å². The molecule has 0 radical (unpaired) electrons. The van der Waals surface area contributed by atoms with Gasteiger partial charge in [0.2, 0.25) is 0 Å². The summed E-state index contributed by atoms with van der Waals surface area (Å²) in [5.74, 6) is 0.693. The first-order chi connectivity index (χ1) is 17.1. The van der Waals surface area contributed by atoms with Crippen molar-refractivity contribution in [2.75, 3.05) is 79.3 Å². The summed E-state index contributed by atoms with van der Waals surface area (Å²) in [6.07, 6.45) is 11.9. The van der Waals surface area contributed by atoms with Crippen LogP contribution in [0.2, 0.25) is 0 Å². The van der Waals surface area contributed by atoms with Crippen LogP contribution >= 0.6 is 0 Å². The first-order valence-corrected chi connectivity index (χ1v) is 13.7. The zero-order valence-corrected chi connectivity index (χ0v) is 22.8. The lowest BCUT2D eigenvalue weighted by Gasteiger charge is -2.17. The lowest BCUT2D eigenvalue weighted by atomic mass is 9.90. The van der Waals surface area contributed by atoms with Crippen molar-refractivity contribution in [2.24, 2.45) is 11.8 Å². The molecule has 210 valence electrons. The Labute approximate surface area is 214 Å². The van der Waals surface area contributed by atoms with E-state index >= 15 is 0 Å². The third-order valence-electron chi connectivity index (χ3n) is 5.68. The molecule has 0 aromatic carbocycles. The van der Waals surface area contributed by atoms with Crippen LogP contribution < -0.4 is 0 Å². The van der Waals surface area contributed by atoms with Gasteiger partial charge in [-0.25, -0.2) is 4.79 Å². The van der Waals surface area contributed by atoms with Gasteiger partial charge in [-0.3, -0.25) is 0 Å². The highest BCUT2D eigenvalue weighted by molar-refractivity contribution is 5.67. The minimum absolute atomic E-state index is 0.262. The zero-order valence-electron chi connectivity index (χ0n) is 22.8. The molecule has 0 spiro atoms. The van der Waals surface area contributed by atoms with Gasteiger partial charge in [0.25, 0.3) is 0 Å².